The first-order chi connectivity index (χ1) is 6.24. The van der Waals surface area contributed by atoms with Crippen molar-refractivity contribution in [3.63, 3.8) is 0 Å². The fourth-order valence-electron chi connectivity index (χ4n) is 2.44. The van der Waals surface area contributed by atoms with Crippen molar-refractivity contribution in [2.75, 3.05) is 0 Å². The zero-order valence-electron chi connectivity index (χ0n) is 8.25. The summed E-state index contributed by atoms with van der Waals surface area (Å²) in [5.74, 6) is 0. The Balaban J connectivity index is 1.87. The van der Waals surface area contributed by atoms with Crippen molar-refractivity contribution in [2.24, 2.45) is 5.41 Å². The molecule has 13 heavy (non-hydrogen) atoms. The Bertz CT molecular complexity index is 227. The summed E-state index contributed by atoms with van der Waals surface area (Å²) < 4.78 is 5.74. The molecule has 2 heteroatoms. The molecule has 0 N–H and O–H groups in total. The summed E-state index contributed by atoms with van der Waals surface area (Å²) in [6, 6.07) is 2.48. The quantitative estimate of drug-likeness (QED) is 0.652. The van der Waals surface area contributed by atoms with Gasteiger partial charge in [-0.25, -0.2) is 0 Å². The zero-order chi connectivity index (χ0) is 9.31. The molecule has 0 aromatic carbocycles. The lowest BCUT2D eigenvalue weighted by atomic mass is 9.66. The molecule has 1 heterocycles. The first-order valence-corrected chi connectivity index (χ1v) is 5.31. The number of hydrogen-bond acceptors (Lipinski definition) is 2. The Morgan fingerprint density at radius 3 is 2.62 bits per heavy atom. The van der Waals surface area contributed by atoms with E-state index in [2.05, 4.69) is 13.0 Å². The Labute approximate surface area is 79.9 Å². The second kappa shape index (κ2) is 3.31. The highest BCUT2D eigenvalue weighted by atomic mass is 16.5. The lowest BCUT2D eigenvalue weighted by molar-refractivity contribution is 0.0159. The smallest absolute Gasteiger partial charge is 0.0690 e. The summed E-state index contributed by atoms with van der Waals surface area (Å²) in [6.45, 7) is 2.12. The number of nitrogens with zero attached hydrogens (tertiary/aromatic N) is 1. The molecule has 0 bridgehead atoms. The predicted octanol–water partition coefficient (Wildman–Crippen LogP) is 2.64. The molecule has 72 valence electrons. The van der Waals surface area contributed by atoms with Crippen LogP contribution in [0.3, 0.4) is 0 Å². The minimum Gasteiger partial charge on any atom is -0.375 e. The average Bonchev–Trinajstić information content (AvgIpc) is 2.44. The van der Waals surface area contributed by atoms with E-state index in [0.717, 1.165) is 25.7 Å². The van der Waals surface area contributed by atoms with E-state index in [9.17, 15) is 0 Å². The molecule has 2 fully saturated rings. The Kier molecular flexibility index (Phi) is 2.29. The number of ether oxygens (including phenoxy) is 1. The third-order valence-electron chi connectivity index (χ3n) is 3.49. The lowest BCUT2D eigenvalue weighted by Gasteiger charge is -2.36. The van der Waals surface area contributed by atoms with Crippen LogP contribution in [0.2, 0.25) is 0 Å². The van der Waals surface area contributed by atoms with E-state index < -0.39 is 0 Å². The largest absolute Gasteiger partial charge is 0.375 e. The van der Waals surface area contributed by atoms with Crippen LogP contribution in [0.4, 0.5) is 0 Å². The van der Waals surface area contributed by atoms with Gasteiger partial charge in [0.2, 0.25) is 0 Å². The Morgan fingerprint density at radius 1 is 1.46 bits per heavy atom. The van der Waals surface area contributed by atoms with Crippen LogP contribution < -0.4 is 0 Å². The highest BCUT2D eigenvalue weighted by Crippen LogP contribution is 2.46. The Hall–Kier alpha value is -0.550. The first kappa shape index (κ1) is 9.02. The van der Waals surface area contributed by atoms with E-state index in [1.165, 1.54) is 12.8 Å². The molecule has 2 rings (SSSR count). The van der Waals surface area contributed by atoms with Crippen molar-refractivity contribution in [3.8, 4) is 6.07 Å². The summed E-state index contributed by atoms with van der Waals surface area (Å²) in [5.41, 5.74) is -0.00523. The molecule has 2 nitrogen and oxygen atoms in total. The topological polar surface area (TPSA) is 33.0 Å². The van der Waals surface area contributed by atoms with Gasteiger partial charge in [0, 0.05) is 0 Å². The average molecular weight is 179 g/mol. The van der Waals surface area contributed by atoms with Crippen LogP contribution in [-0.2, 0) is 4.74 Å². The number of hydrogen-bond donors (Lipinski definition) is 0. The van der Waals surface area contributed by atoms with Crippen molar-refractivity contribution in [2.45, 2.75) is 57.7 Å². The molecular weight excluding hydrogens is 162 g/mol. The maximum Gasteiger partial charge on any atom is 0.0690 e. The Morgan fingerprint density at radius 2 is 2.23 bits per heavy atom. The first-order valence-electron chi connectivity index (χ1n) is 5.31. The van der Waals surface area contributed by atoms with E-state index in [1.807, 2.05) is 0 Å². The maximum atomic E-state index is 9.06. The van der Waals surface area contributed by atoms with Crippen LogP contribution in [0.5, 0.6) is 0 Å². The van der Waals surface area contributed by atoms with Crippen molar-refractivity contribution in [1.29, 1.82) is 5.26 Å². The molecule has 1 aliphatic heterocycles. The fourth-order valence-corrected chi connectivity index (χ4v) is 2.44. The van der Waals surface area contributed by atoms with Gasteiger partial charge in [-0.05, 0) is 39.0 Å². The summed E-state index contributed by atoms with van der Waals surface area (Å²) >= 11 is 0. The van der Waals surface area contributed by atoms with Crippen molar-refractivity contribution >= 4 is 0 Å². The molecule has 1 saturated heterocycles. The van der Waals surface area contributed by atoms with Gasteiger partial charge in [0.1, 0.15) is 0 Å². The fraction of sp³-hybridized carbons (Fsp3) is 0.909. The molecule has 2 unspecified atom stereocenters. The molecule has 2 aliphatic rings. The standard InChI is InChI=1S/C11H17NO/c1-9-3-4-10(13-9)7-11(8-12)5-2-6-11/h9-10H,2-7H2,1H3. The third-order valence-corrected chi connectivity index (χ3v) is 3.49. The summed E-state index contributed by atoms with van der Waals surface area (Å²) in [6.07, 6.45) is 7.52. The van der Waals surface area contributed by atoms with Crippen LogP contribution in [0.15, 0.2) is 0 Å². The van der Waals surface area contributed by atoms with Crippen molar-refractivity contribution in [1.82, 2.24) is 0 Å². The van der Waals surface area contributed by atoms with Crippen LogP contribution in [0, 0.1) is 16.7 Å². The summed E-state index contributed by atoms with van der Waals surface area (Å²) in [7, 11) is 0. The molecule has 1 aliphatic carbocycles. The minimum atomic E-state index is -0.00523. The van der Waals surface area contributed by atoms with Gasteiger partial charge in [-0.3, -0.25) is 0 Å². The molecule has 0 spiro atoms. The monoisotopic (exact) mass is 179 g/mol. The normalized spacial score (nSPS) is 36.6. The third kappa shape index (κ3) is 1.71. The van der Waals surface area contributed by atoms with Gasteiger partial charge in [-0.1, -0.05) is 6.42 Å². The highest BCUT2D eigenvalue weighted by molar-refractivity contribution is 5.05. The summed E-state index contributed by atoms with van der Waals surface area (Å²) in [4.78, 5) is 0. The van der Waals surface area contributed by atoms with E-state index in [-0.39, 0.29) is 5.41 Å². The number of rotatable bonds is 2. The van der Waals surface area contributed by atoms with Crippen LogP contribution in [-0.4, -0.2) is 12.2 Å². The van der Waals surface area contributed by atoms with Gasteiger partial charge in [0.25, 0.3) is 0 Å². The van der Waals surface area contributed by atoms with Gasteiger partial charge in [-0.2, -0.15) is 5.26 Å². The molecule has 2 atom stereocenters. The van der Waals surface area contributed by atoms with Crippen LogP contribution in [0.1, 0.15) is 45.4 Å². The van der Waals surface area contributed by atoms with Gasteiger partial charge >= 0.3 is 0 Å². The SMILES string of the molecule is CC1CCC(CC2(C#N)CCC2)O1. The van der Waals surface area contributed by atoms with Crippen LogP contribution >= 0.6 is 0 Å². The van der Waals surface area contributed by atoms with Gasteiger partial charge in [0.05, 0.1) is 23.7 Å². The molecule has 1 saturated carbocycles. The predicted molar refractivity (Wildman–Crippen MR) is 50.1 cm³/mol. The van der Waals surface area contributed by atoms with E-state index in [1.54, 1.807) is 0 Å². The highest BCUT2D eigenvalue weighted by Gasteiger charge is 2.40. The summed E-state index contributed by atoms with van der Waals surface area (Å²) in [5, 5.41) is 9.06. The molecule has 0 aromatic heterocycles. The molecular formula is C11H17NO. The van der Waals surface area contributed by atoms with Crippen molar-refractivity contribution < 1.29 is 4.74 Å². The molecule has 0 aromatic rings. The molecule has 0 amide bonds. The van der Waals surface area contributed by atoms with Crippen LogP contribution in [0.25, 0.3) is 0 Å². The van der Waals surface area contributed by atoms with Gasteiger partial charge in [0.15, 0.2) is 0 Å². The van der Waals surface area contributed by atoms with Gasteiger partial charge < -0.3 is 4.74 Å². The second-order valence-electron chi connectivity index (χ2n) is 4.60. The minimum absolute atomic E-state index is 0.00523. The van der Waals surface area contributed by atoms with E-state index >= 15 is 0 Å². The second-order valence-corrected chi connectivity index (χ2v) is 4.60. The number of nitriles is 1. The maximum absolute atomic E-state index is 9.06. The lowest BCUT2D eigenvalue weighted by Crippen LogP contribution is -2.32. The van der Waals surface area contributed by atoms with E-state index in [4.69, 9.17) is 10.00 Å². The molecule has 0 radical (unpaired) electrons. The zero-order valence-corrected chi connectivity index (χ0v) is 8.25. The van der Waals surface area contributed by atoms with E-state index in [0.29, 0.717) is 12.2 Å². The van der Waals surface area contributed by atoms with Gasteiger partial charge in [-0.15, -0.1) is 0 Å². The van der Waals surface area contributed by atoms with Crippen molar-refractivity contribution in [3.05, 3.63) is 0 Å².